The smallest absolute Gasteiger partial charge is 0.124 e. The Labute approximate surface area is 93.2 Å². The Hall–Kier alpha value is -1.52. The van der Waals surface area contributed by atoms with E-state index in [9.17, 15) is 0 Å². The van der Waals surface area contributed by atoms with E-state index in [1.165, 1.54) is 0 Å². The minimum Gasteiger partial charge on any atom is -0.376 e. The lowest BCUT2D eigenvalue weighted by atomic mass is 10.2. The van der Waals surface area contributed by atoms with Crippen LogP contribution in [0.25, 0.3) is 11.0 Å². The standard InChI is InChI=1S/C12H12N2O2/c1-2-4-10-9(3-1)13-7-11(14-10)12-8-15-5-6-16-12/h1-4,7,12H,5-6,8H2. The summed E-state index contributed by atoms with van der Waals surface area (Å²) in [5.41, 5.74) is 2.65. The van der Waals surface area contributed by atoms with Gasteiger partial charge >= 0.3 is 0 Å². The molecule has 0 spiro atoms. The number of aromatic nitrogens is 2. The Balaban J connectivity index is 1.97. The summed E-state index contributed by atoms with van der Waals surface area (Å²) in [6.45, 7) is 1.85. The summed E-state index contributed by atoms with van der Waals surface area (Å²) in [6.07, 6.45) is 1.69. The van der Waals surface area contributed by atoms with Crippen LogP contribution < -0.4 is 0 Å². The van der Waals surface area contributed by atoms with Crippen LogP contribution in [0.1, 0.15) is 11.8 Å². The van der Waals surface area contributed by atoms with Crippen molar-refractivity contribution in [2.45, 2.75) is 6.10 Å². The van der Waals surface area contributed by atoms with Crippen molar-refractivity contribution in [2.75, 3.05) is 19.8 Å². The van der Waals surface area contributed by atoms with Gasteiger partial charge in [-0.25, -0.2) is 4.98 Å². The van der Waals surface area contributed by atoms with Crippen LogP contribution in [0.3, 0.4) is 0 Å². The predicted octanol–water partition coefficient (Wildman–Crippen LogP) is 1.72. The lowest BCUT2D eigenvalue weighted by Crippen LogP contribution is -2.22. The summed E-state index contributed by atoms with van der Waals surface area (Å²) in [5.74, 6) is 0. The average Bonchev–Trinajstić information content (AvgIpc) is 2.39. The van der Waals surface area contributed by atoms with Crippen molar-refractivity contribution in [1.29, 1.82) is 0 Å². The molecule has 2 heterocycles. The first-order valence-corrected chi connectivity index (χ1v) is 5.34. The minimum atomic E-state index is -0.0779. The molecule has 1 aromatic heterocycles. The fraction of sp³-hybridized carbons (Fsp3) is 0.333. The Morgan fingerprint density at radius 3 is 2.81 bits per heavy atom. The van der Waals surface area contributed by atoms with Crippen LogP contribution in [0.5, 0.6) is 0 Å². The summed E-state index contributed by atoms with van der Waals surface area (Å²) in [7, 11) is 0. The molecule has 0 bridgehead atoms. The lowest BCUT2D eigenvalue weighted by Gasteiger charge is -2.22. The van der Waals surface area contributed by atoms with Crippen LogP contribution in [-0.2, 0) is 9.47 Å². The molecule has 1 aliphatic rings. The van der Waals surface area contributed by atoms with Gasteiger partial charge in [0.1, 0.15) is 6.10 Å². The number of hydrogen-bond donors (Lipinski definition) is 0. The molecule has 1 aliphatic heterocycles. The molecule has 1 aromatic carbocycles. The number of ether oxygens (including phenoxy) is 2. The number of hydrogen-bond acceptors (Lipinski definition) is 4. The molecule has 16 heavy (non-hydrogen) atoms. The van der Waals surface area contributed by atoms with Crippen molar-refractivity contribution in [1.82, 2.24) is 9.97 Å². The van der Waals surface area contributed by atoms with E-state index in [0.717, 1.165) is 16.7 Å². The van der Waals surface area contributed by atoms with Crippen molar-refractivity contribution < 1.29 is 9.47 Å². The van der Waals surface area contributed by atoms with E-state index in [4.69, 9.17) is 9.47 Å². The Bertz CT molecular complexity index is 495. The summed E-state index contributed by atoms with van der Waals surface area (Å²) in [4.78, 5) is 8.89. The quantitative estimate of drug-likeness (QED) is 0.728. The monoisotopic (exact) mass is 216 g/mol. The molecule has 1 saturated heterocycles. The van der Waals surface area contributed by atoms with E-state index in [1.54, 1.807) is 6.20 Å². The molecule has 82 valence electrons. The van der Waals surface area contributed by atoms with Crippen LogP contribution in [-0.4, -0.2) is 29.8 Å². The van der Waals surface area contributed by atoms with Gasteiger partial charge in [0, 0.05) is 0 Å². The number of fused-ring (bicyclic) bond motifs is 1. The topological polar surface area (TPSA) is 44.2 Å². The van der Waals surface area contributed by atoms with Crippen molar-refractivity contribution >= 4 is 11.0 Å². The second kappa shape index (κ2) is 4.15. The van der Waals surface area contributed by atoms with Crippen LogP contribution in [0.4, 0.5) is 0 Å². The van der Waals surface area contributed by atoms with Crippen molar-refractivity contribution in [3.05, 3.63) is 36.2 Å². The predicted molar refractivity (Wildman–Crippen MR) is 59.1 cm³/mol. The van der Waals surface area contributed by atoms with Crippen LogP contribution in [0, 0.1) is 0 Å². The molecule has 0 amide bonds. The highest BCUT2D eigenvalue weighted by Gasteiger charge is 2.18. The first-order chi connectivity index (χ1) is 7.93. The molecule has 4 nitrogen and oxygen atoms in total. The molecular weight excluding hydrogens is 204 g/mol. The SMILES string of the molecule is c1ccc2nc(C3COCCO3)cnc2c1. The zero-order valence-electron chi connectivity index (χ0n) is 8.80. The van der Waals surface area contributed by atoms with Gasteiger partial charge in [-0.1, -0.05) is 12.1 Å². The molecule has 3 rings (SSSR count). The van der Waals surface area contributed by atoms with Crippen molar-refractivity contribution in [2.24, 2.45) is 0 Å². The second-order valence-electron chi connectivity index (χ2n) is 3.72. The van der Waals surface area contributed by atoms with E-state index in [1.807, 2.05) is 24.3 Å². The molecule has 0 N–H and O–H groups in total. The van der Waals surface area contributed by atoms with Gasteiger partial charge in [-0.15, -0.1) is 0 Å². The number of para-hydroxylation sites is 2. The van der Waals surface area contributed by atoms with Crippen LogP contribution in [0.15, 0.2) is 30.5 Å². The van der Waals surface area contributed by atoms with Gasteiger partial charge in [0.25, 0.3) is 0 Å². The second-order valence-corrected chi connectivity index (χ2v) is 3.72. The van der Waals surface area contributed by atoms with Gasteiger partial charge in [-0.2, -0.15) is 0 Å². The zero-order chi connectivity index (χ0) is 10.8. The van der Waals surface area contributed by atoms with Gasteiger partial charge in [-0.3, -0.25) is 4.98 Å². The Morgan fingerprint density at radius 2 is 2.00 bits per heavy atom. The van der Waals surface area contributed by atoms with Gasteiger partial charge in [0.15, 0.2) is 0 Å². The minimum absolute atomic E-state index is 0.0779. The molecular formula is C12H12N2O2. The average molecular weight is 216 g/mol. The van der Waals surface area contributed by atoms with Crippen LogP contribution in [0.2, 0.25) is 0 Å². The number of benzene rings is 1. The van der Waals surface area contributed by atoms with Crippen molar-refractivity contribution in [3.8, 4) is 0 Å². The van der Waals surface area contributed by atoms with Crippen molar-refractivity contribution in [3.63, 3.8) is 0 Å². The molecule has 1 unspecified atom stereocenters. The third-order valence-corrected chi connectivity index (χ3v) is 2.61. The van der Waals surface area contributed by atoms with Gasteiger partial charge in [0.2, 0.25) is 0 Å². The molecule has 2 aromatic rings. The molecule has 0 saturated carbocycles. The van der Waals surface area contributed by atoms with E-state index >= 15 is 0 Å². The summed E-state index contributed by atoms with van der Waals surface area (Å²) >= 11 is 0. The highest BCUT2D eigenvalue weighted by Crippen LogP contribution is 2.19. The summed E-state index contributed by atoms with van der Waals surface area (Å²) in [5, 5.41) is 0. The molecule has 0 aliphatic carbocycles. The van der Waals surface area contributed by atoms with Gasteiger partial charge < -0.3 is 9.47 Å². The Kier molecular flexibility index (Phi) is 2.52. The first kappa shape index (κ1) is 9.69. The Morgan fingerprint density at radius 1 is 1.12 bits per heavy atom. The summed E-state index contributed by atoms with van der Waals surface area (Å²) in [6, 6.07) is 7.82. The van der Waals surface area contributed by atoms with E-state index in [2.05, 4.69) is 9.97 Å². The van der Waals surface area contributed by atoms with Gasteiger partial charge in [0.05, 0.1) is 42.7 Å². The number of nitrogens with zero attached hydrogens (tertiary/aromatic N) is 2. The third-order valence-electron chi connectivity index (χ3n) is 2.61. The molecule has 0 radical (unpaired) electrons. The normalized spacial score (nSPS) is 21.1. The largest absolute Gasteiger partial charge is 0.376 e. The van der Waals surface area contributed by atoms with E-state index in [0.29, 0.717) is 19.8 Å². The number of rotatable bonds is 1. The molecule has 4 heteroatoms. The molecule has 1 fully saturated rings. The summed E-state index contributed by atoms with van der Waals surface area (Å²) < 4.78 is 10.9. The highest BCUT2D eigenvalue weighted by atomic mass is 16.6. The zero-order valence-corrected chi connectivity index (χ0v) is 8.80. The van der Waals surface area contributed by atoms with Crippen LogP contribution >= 0.6 is 0 Å². The third kappa shape index (κ3) is 1.77. The fourth-order valence-corrected chi connectivity index (χ4v) is 1.79. The maximum absolute atomic E-state index is 5.59. The molecule has 1 atom stereocenters. The maximum atomic E-state index is 5.59. The lowest BCUT2D eigenvalue weighted by molar-refractivity contribution is -0.0917. The van der Waals surface area contributed by atoms with Gasteiger partial charge in [-0.05, 0) is 12.1 Å². The fourth-order valence-electron chi connectivity index (χ4n) is 1.79. The van der Waals surface area contributed by atoms with E-state index < -0.39 is 0 Å². The first-order valence-electron chi connectivity index (χ1n) is 5.34. The highest BCUT2D eigenvalue weighted by molar-refractivity contribution is 5.73. The maximum Gasteiger partial charge on any atom is 0.124 e. The van der Waals surface area contributed by atoms with E-state index in [-0.39, 0.29) is 6.10 Å².